The Bertz CT molecular complexity index is 1430. The van der Waals surface area contributed by atoms with E-state index < -0.39 is 59.6 Å². The molecule has 1 fully saturated rings. The lowest BCUT2D eigenvalue weighted by Crippen LogP contribution is -2.61. The van der Waals surface area contributed by atoms with E-state index in [0.717, 1.165) is 38.1 Å². The SMILES string of the molecule is CC(=O)OC[C@@H]1O[C@@H](SC2=N/C(=C\c3ccccc3)C(=O)N2c2ccccc2)[C@H](OC(C)=O)[C@H](OC(C)=O)[C@H]1OC(C)=O. The summed E-state index contributed by atoms with van der Waals surface area (Å²) in [5.74, 6) is -3.25. The first kappa shape index (κ1) is 31.4. The molecule has 226 valence electrons. The molecule has 2 heterocycles. The Morgan fingerprint density at radius 2 is 1.37 bits per heavy atom. The third kappa shape index (κ3) is 8.08. The molecule has 5 atom stereocenters. The number of para-hydroxylation sites is 1. The molecular weight excluding hydrogens is 580 g/mol. The summed E-state index contributed by atoms with van der Waals surface area (Å²) < 4.78 is 27.9. The molecule has 4 rings (SSSR count). The van der Waals surface area contributed by atoms with Crippen LogP contribution in [0.2, 0.25) is 0 Å². The Labute approximate surface area is 252 Å². The summed E-state index contributed by atoms with van der Waals surface area (Å²) in [5, 5.41) is 0.180. The van der Waals surface area contributed by atoms with Gasteiger partial charge in [0.15, 0.2) is 28.9 Å². The molecule has 2 aliphatic heterocycles. The topological polar surface area (TPSA) is 147 Å². The number of rotatable bonds is 8. The summed E-state index contributed by atoms with van der Waals surface area (Å²) in [6.07, 6.45) is -3.46. The van der Waals surface area contributed by atoms with Gasteiger partial charge >= 0.3 is 23.9 Å². The first-order valence-electron chi connectivity index (χ1n) is 13.3. The normalized spacial score (nSPS) is 24.2. The number of amides is 1. The lowest BCUT2D eigenvalue weighted by Gasteiger charge is -2.44. The standard InChI is InChI=1S/C30H30N2O10S/c1-17(33)38-16-24-25(39-18(2)34)26(40-19(3)35)27(41-20(4)36)29(42-24)43-30-31-23(15-21-11-7-5-8-12-21)28(37)32(30)22-13-9-6-10-14-22/h5-15,24-27,29H,16H2,1-4H3/b23-15-/t24-,25-,26+,27+,29-/m0/s1. The number of thioether (sulfide) groups is 1. The predicted octanol–water partition coefficient (Wildman–Crippen LogP) is 3.25. The maximum atomic E-state index is 13.7. The van der Waals surface area contributed by atoms with Crippen LogP contribution in [0.1, 0.15) is 33.3 Å². The molecule has 0 radical (unpaired) electrons. The van der Waals surface area contributed by atoms with Crippen molar-refractivity contribution < 1.29 is 47.7 Å². The Hall–Kier alpha value is -4.49. The summed E-state index contributed by atoms with van der Waals surface area (Å²) in [6, 6.07) is 17.9. The fourth-order valence-electron chi connectivity index (χ4n) is 4.47. The van der Waals surface area contributed by atoms with Crippen LogP contribution in [0, 0.1) is 0 Å². The van der Waals surface area contributed by atoms with Crippen molar-refractivity contribution in [2.45, 2.75) is 57.5 Å². The number of esters is 4. The van der Waals surface area contributed by atoms with Gasteiger partial charge in [-0.05, 0) is 23.8 Å². The molecule has 12 nitrogen and oxygen atoms in total. The molecule has 1 amide bonds. The van der Waals surface area contributed by atoms with Crippen molar-refractivity contribution in [3.05, 3.63) is 71.9 Å². The molecule has 2 aliphatic rings. The molecule has 1 saturated heterocycles. The van der Waals surface area contributed by atoms with E-state index in [9.17, 15) is 24.0 Å². The maximum Gasteiger partial charge on any atom is 0.303 e. The average molecular weight is 611 g/mol. The number of hydrogen-bond acceptors (Lipinski definition) is 12. The number of ether oxygens (including phenoxy) is 5. The van der Waals surface area contributed by atoms with Crippen LogP contribution in [0.3, 0.4) is 0 Å². The zero-order chi connectivity index (χ0) is 31.1. The van der Waals surface area contributed by atoms with E-state index in [1.807, 2.05) is 30.3 Å². The average Bonchev–Trinajstić information content (AvgIpc) is 3.25. The first-order valence-corrected chi connectivity index (χ1v) is 14.1. The van der Waals surface area contributed by atoms with Crippen molar-refractivity contribution in [1.82, 2.24) is 0 Å². The molecule has 0 spiro atoms. The van der Waals surface area contributed by atoms with E-state index in [1.54, 1.807) is 36.4 Å². The maximum absolute atomic E-state index is 13.7. The summed E-state index contributed by atoms with van der Waals surface area (Å²) in [5.41, 5.74) is 0.250. The monoisotopic (exact) mass is 610 g/mol. The number of anilines is 1. The second-order valence-corrected chi connectivity index (χ2v) is 10.6. The van der Waals surface area contributed by atoms with Crippen molar-refractivity contribution >= 4 is 58.5 Å². The van der Waals surface area contributed by atoms with Crippen LogP contribution in [0.15, 0.2) is 71.4 Å². The van der Waals surface area contributed by atoms with Gasteiger partial charge in [-0.3, -0.25) is 28.9 Å². The molecule has 0 N–H and O–H groups in total. The molecule has 2 aromatic rings. The largest absolute Gasteiger partial charge is 0.463 e. The van der Waals surface area contributed by atoms with Crippen molar-refractivity contribution in [3.8, 4) is 0 Å². The van der Waals surface area contributed by atoms with Crippen LogP contribution < -0.4 is 4.90 Å². The van der Waals surface area contributed by atoms with Crippen LogP contribution >= 0.6 is 11.8 Å². The number of carbonyl (C=O) groups is 5. The smallest absolute Gasteiger partial charge is 0.303 e. The minimum Gasteiger partial charge on any atom is -0.463 e. The Morgan fingerprint density at radius 1 is 0.814 bits per heavy atom. The molecular formula is C30H30N2O10S. The van der Waals surface area contributed by atoms with Crippen LogP contribution in [0.25, 0.3) is 6.08 Å². The number of hydrogen-bond donors (Lipinski definition) is 0. The lowest BCUT2D eigenvalue weighted by atomic mass is 9.99. The Kier molecular flexibility index (Phi) is 10.3. The molecule has 0 aliphatic carbocycles. The van der Waals surface area contributed by atoms with Crippen LogP contribution in [-0.4, -0.2) is 71.4 Å². The summed E-state index contributed by atoms with van der Waals surface area (Å²) in [6.45, 7) is 4.27. The third-order valence-electron chi connectivity index (χ3n) is 6.12. The van der Waals surface area contributed by atoms with Gasteiger partial charge in [0, 0.05) is 27.7 Å². The quantitative estimate of drug-likeness (QED) is 0.246. The van der Waals surface area contributed by atoms with Crippen LogP contribution in [0.4, 0.5) is 5.69 Å². The highest BCUT2D eigenvalue weighted by Gasteiger charge is 2.53. The highest BCUT2D eigenvalue weighted by atomic mass is 32.2. The van der Waals surface area contributed by atoms with Gasteiger partial charge in [-0.15, -0.1) is 0 Å². The minimum atomic E-state index is -1.35. The van der Waals surface area contributed by atoms with Gasteiger partial charge in [-0.25, -0.2) is 4.99 Å². The molecule has 0 unspecified atom stereocenters. The van der Waals surface area contributed by atoms with Gasteiger partial charge in [0.25, 0.3) is 5.91 Å². The molecule has 43 heavy (non-hydrogen) atoms. The molecule has 13 heteroatoms. The van der Waals surface area contributed by atoms with E-state index >= 15 is 0 Å². The highest BCUT2D eigenvalue weighted by molar-refractivity contribution is 8.14. The van der Waals surface area contributed by atoms with Crippen molar-refractivity contribution in [3.63, 3.8) is 0 Å². The van der Waals surface area contributed by atoms with E-state index in [1.165, 1.54) is 11.8 Å². The van der Waals surface area contributed by atoms with Gasteiger partial charge < -0.3 is 23.7 Å². The van der Waals surface area contributed by atoms with Gasteiger partial charge in [0.1, 0.15) is 18.4 Å². The fraction of sp³-hybridized carbons (Fsp3) is 0.333. The highest BCUT2D eigenvalue weighted by Crippen LogP contribution is 2.38. The molecule has 0 bridgehead atoms. The molecule has 0 saturated carbocycles. The third-order valence-corrected chi connectivity index (χ3v) is 7.21. The zero-order valence-corrected chi connectivity index (χ0v) is 24.6. The number of amidine groups is 1. The van der Waals surface area contributed by atoms with Gasteiger partial charge in [0.2, 0.25) is 0 Å². The second kappa shape index (κ2) is 14.1. The number of nitrogens with zero attached hydrogens (tertiary/aromatic N) is 2. The van der Waals surface area contributed by atoms with E-state index in [2.05, 4.69) is 4.99 Å². The minimum absolute atomic E-state index is 0.142. The van der Waals surface area contributed by atoms with E-state index in [0.29, 0.717) is 5.69 Å². The van der Waals surface area contributed by atoms with Gasteiger partial charge in [-0.2, -0.15) is 0 Å². The van der Waals surface area contributed by atoms with Crippen LogP contribution in [-0.2, 0) is 47.7 Å². The predicted molar refractivity (Wildman–Crippen MR) is 155 cm³/mol. The summed E-state index contributed by atoms with van der Waals surface area (Å²) >= 11 is 0.932. The van der Waals surface area contributed by atoms with E-state index in [4.69, 9.17) is 23.7 Å². The van der Waals surface area contributed by atoms with Gasteiger partial charge in [-0.1, -0.05) is 60.3 Å². The Morgan fingerprint density at radius 3 is 1.95 bits per heavy atom. The molecule has 2 aromatic carbocycles. The van der Waals surface area contributed by atoms with Crippen LogP contribution in [0.5, 0.6) is 0 Å². The number of carbonyl (C=O) groups excluding carboxylic acids is 5. The molecule has 0 aromatic heterocycles. The number of aliphatic imine (C=N–C) groups is 1. The summed E-state index contributed by atoms with van der Waals surface area (Å²) in [4.78, 5) is 67.7. The lowest BCUT2D eigenvalue weighted by molar-refractivity contribution is -0.237. The first-order chi connectivity index (χ1) is 20.5. The fourth-order valence-corrected chi connectivity index (χ4v) is 5.67. The second-order valence-electron chi connectivity index (χ2n) is 9.50. The van der Waals surface area contributed by atoms with E-state index in [-0.39, 0.29) is 17.5 Å². The van der Waals surface area contributed by atoms with Crippen molar-refractivity contribution in [2.75, 3.05) is 11.5 Å². The van der Waals surface area contributed by atoms with Crippen molar-refractivity contribution in [1.29, 1.82) is 0 Å². The Balaban J connectivity index is 1.78. The zero-order valence-electron chi connectivity index (χ0n) is 23.8. The summed E-state index contributed by atoms with van der Waals surface area (Å²) in [7, 11) is 0. The van der Waals surface area contributed by atoms with Crippen molar-refractivity contribution in [2.24, 2.45) is 4.99 Å². The number of benzene rings is 2. The van der Waals surface area contributed by atoms with Gasteiger partial charge in [0.05, 0.1) is 5.69 Å².